The van der Waals surface area contributed by atoms with Crippen molar-refractivity contribution >= 4 is 29.0 Å². The van der Waals surface area contributed by atoms with Crippen LogP contribution in [0, 0.1) is 12.8 Å². The third-order valence-corrected chi connectivity index (χ3v) is 5.51. The Labute approximate surface area is 182 Å². The van der Waals surface area contributed by atoms with Crippen molar-refractivity contribution in [2.75, 3.05) is 13.2 Å². The van der Waals surface area contributed by atoms with E-state index in [1.807, 2.05) is 56.3 Å². The zero-order chi connectivity index (χ0) is 21.7. The Kier molecular flexibility index (Phi) is 7.21. The van der Waals surface area contributed by atoms with Gasteiger partial charge in [-0.15, -0.1) is 0 Å². The summed E-state index contributed by atoms with van der Waals surface area (Å²) in [4.78, 5) is 27.0. The highest BCUT2D eigenvalue weighted by atomic mass is 32.2. The number of hydrogen-bond donors (Lipinski definition) is 0. The van der Waals surface area contributed by atoms with Crippen molar-refractivity contribution in [3.05, 3.63) is 64.1 Å². The quantitative estimate of drug-likeness (QED) is 0.511. The van der Waals surface area contributed by atoms with Gasteiger partial charge in [0.05, 0.1) is 24.7 Å². The molecule has 0 aliphatic carbocycles. The van der Waals surface area contributed by atoms with Crippen LogP contribution in [0.3, 0.4) is 0 Å². The van der Waals surface area contributed by atoms with Gasteiger partial charge in [0.1, 0.15) is 0 Å². The number of imide groups is 1. The average Bonchev–Trinajstić information content (AvgIpc) is 2.96. The van der Waals surface area contributed by atoms with Gasteiger partial charge in [0.15, 0.2) is 11.5 Å². The van der Waals surface area contributed by atoms with Gasteiger partial charge >= 0.3 is 0 Å². The minimum atomic E-state index is -0.272. The summed E-state index contributed by atoms with van der Waals surface area (Å²) in [7, 11) is 0. The Morgan fingerprint density at radius 2 is 1.83 bits per heavy atom. The third-order valence-electron chi connectivity index (χ3n) is 4.60. The first-order valence-corrected chi connectivity index (χ1v) is 10.9. The zero-order valence-electron chi connectivity index (χ0n) is 17.8. The molecule has 2 amide bonds. The second-order valence-corrected chi connectivity index (χ2v) is 8.53. The fourth-order valence-corrected chi connectivity index (χ4v) is 3.84. The fourth-order valence-electron chi connectivity index (χ4n) is 3.00. The van der Waals surface area contributed by atoms with Crippen molar-refractivity contribution in [2.45, 2.75) is 34.2 Å². The first-order valence-electron chi connectivity index (χ1n) is 10.1. The maximum absolute atomic E-state index is 12.9. The molecule has 0 spiro atoms. The molecule has 1 saturated heterocycles. The molecule has 0 radical (unpaired) electrons. The largest absolute Gasteiger partial charge is 0.490 e. The van der Waals surface area contributed by atoms with Gasteiger partial charge in [-0.25, -0.2) is 0 Å². The molecule has 2 aromatic carbocycles. The Balaban J connectivity index is 1.80. The van der Waals surface area contributed by atoms with Crippen LogP contribution in [0.2, 0.25) is 0 Å². The average molecular weight is 426 g/mol. The first-order chi connectivity index (χ1) is 14.4. The number of carbonyl (C=O) groups is 2. The number of rotatable bonds is 8. The molecule has 0 saturated carbocycles. The van der Waals surface area contributed by atoms with Crippen molar-refractivity contribution in [3.63, 3.8) is 0 Å². The second-order valence-electron chi connectivity index (χ2n) is 7.54. The molecule has 0 bridgehead atoms. The van der Waals surface area contributed by atoms with Crippen molar-refractivity contribution < 1.29 is 19.1 Å². The Morgan fingerprint density at radius 1 is 1.07 bits per heavy atom. The van der Waals surface area contributed by atoms with E-state index in [1.165, 1.54) is 4.90 Å². The number of thioether (sulfide) groups is 1. The van der Waals surface area contributed by atoms with E-state index < -0.39 is 0 Å². The molecule has 30 heavy (non-hydrogen) atoms. The topological polar surface area (TPSA) is 55.8 Å². The van der Waals surface area contributed by atoms with Gasteiger partial charge in [0.25, 0.3) is 11.1 Å². The van der Waals surface area contributed by atoms with Crippen molar-refractivity contribution in [1.82, 2.24) is 4.90 Å². The molecule has 0 unspecified atom stereocenters. The normalized spacial score (nSPS) is 15.4. The molecule has 6 heteroatoms. The molecule has 5 nitrogen and oxygen atoms in total. The van der Waals surface area contributed by atoms with E-state index in [2.05, 4.69) is 13.8 Å². The molecule has 158 valence electrons. The fraction of sp³-hybridized carbons (Fsp3) is 0.333. The maximum atomic E-state index is 12.9. The van der Waals surface area contributed by atoms with Crippen LogP contribution in [0.4, 0.5) is 4.79 Å². The van der Waals surface area contributed by atoms with Crippen LogP contribution in [0.5, 0.6) is 11.5 Å². The molecule has 3 rings (SSSR count). The van der Waals surface area contributed by atoms with Crippen LogP contribution < -0.4 is 9.47 Å². The van der Waals surface area contributed by atoms with Crippen LogP contribution in [0.15, 0.2) is 47.4 Å². The van der Waals surface area contributed by atoms with E-state index in [1.54, 1.807) is 6.08 Å². The van der Waals surface area contributed by atoms with E-state index in [0.29, 0.717) is 35.5 Å². The number of aryl methyl sites for hydroxylation is 1. The van der Waals surface area contributed by atoms with Crippen LogP contribution in [0.25, 0.3) is 6.08 Å². The summed E-state index contributed by atoms with van der Waals surface area (Å²) in [6, 6.07) is 13.3. The van der Waals surface area contributed by atoms with Crippen LogP contribution in [-0.4, -0.2) is 29.3 Å². The smallest absolute Gasteiger partial charge is 0.293 e. The minimum absolute atomic E-state index is 0.253. The van der Waals surface area contributed by atoms with Gasteiger partial charge in [-0.2, -0.15) is 0 Å². The lowest BCUT2D eigenvalue weighted by Crippen LogP contribution is -2.27. The first kappa shape index (κ1) is 22.0. The van der Waals surface area contributed by atoms with Crippen LogP contribution >= 0.6 is 11.8 Å². The Hall–Kier alpha value is -2.73. The van der Waals surface area contributed by atoms with Gasteiger partial charge in [0.2, 0.25) is 0 Å². The number of ether oxygens (including phenoxy) is 2. The lowest BCUT2D eigenvalue weighted by atomic mass is 10.1. The van der Waals surface area contributed by atoms with E-state index >= 15 is 0 Å². The Bertz CT molecular complexity index is 967. The Morgan fingerprint density at radius 3 is 2.53 bits per heavy atom. The number of benzene rings is 2. The van der Waals surface area contributed by atoms with Crippen molar-refractivity contribution in [3.8, 4) is 11.5 Å². The molecule has 1 heterocycles. The van der Waals surface area contributed by atoms with Gasteiger partial charge in [-0.05, 0) is 66.4 Å². The molecule has 0 N–H and O–H groups in total. The molecule has 0 atom stereocenters. The molecular weight excluding hydrogens is 398 g/mol. The summed E-state index contributed by atoms with van der Waals surface area (Å²) >= 11 is 0.966. The maximum Gasteiger partial charge on any atom is 0.293 e. The second kappa shape index (κ2) is 9.85. The van der Waals surface area contributed by atoms with E-state index in [-0.39, 0.29) is 17.7 Å². The lowest BCUT2D eigenvalue weighted by molar-refractivity contribution is -0.123. The number of hydrogen-bond acceptors (Lipinski definition) is 5. The summed E-state index contributed by atoms with van der Waals surface area (Å²) in [5.41, 5.74) is 2.81. The SMILES string of the molecule is CCOc1cc(/C=C2\SC(=O)N(Cc3ccccc3C)C2=O)ccc1OCC(C)C. The molecule has 2 aromatic rings. The standard InChI is InChI=1S/C24H27NO4S/c1-5-28-21-12-18(10-11-20(21)29-15-16(2)3)13-22-23(26)25(24(27)30-22)14-19-9-7-6-8-17(19)4/h6-13,16H,5,14-15H2,1-4H3/b22-13-. The summed E-state index contributed by atoms with van der Waals surface area (Å²) in [6.45, 7) is 9.44. The summed E-state index contributed by atoms with van der Waals surface area (Å²) < 4.78 is 11.5. The zero-order valence-corrected chi connectivity index (χ0v) is 18.6. The summed E-state index contributed by atoms with van der Waals surface area (Å²) in [5, 5.41) is -0.253. The highest BCUT2D eigenvalue weighted by Crippen LogP contribution is 2.35. The lowest BCUT2D eigenvalue weighted by Gasteiger charge is -2.14. The molecule has 0 aromatic heterocycles. The summed E-state index contributed by atoms with van der Waals surface area (Å²) in [6.07, 6.45) is 1.73. The highest BCUT2D eigenvalue weighted by molar-refractivity contribution is 8.18. The van der Waals surface area contributed by atoms with E-state index in [0.717, 1.165) is 28.5 Å². The highest BCUT2D eigenvalue weighted by Gasteiger charge is 2.35. The number of carbonyl (C=O) groups excluding carboxylic acids is 2. The van der Waals surface area contributed by atoms with Crippen LogP contribution in [0.1, 0.15) is 37.5 Å². The molecule has 1 aliphatic rings. The third kappa shape index (κ3) is 5.25. The molecular formula is C24H27NO4S. The van der Waals surface area contributed by atoms with E-state index in [4.69, 9.17) is 9.47 Å². The van der Waals surface area contributed by atoms with Gasteiger partial charge in [-0.3, -0.25) is 14.5 Å². The van der Waals surface area contributed by atoms with Crippen molar-refractivity contribution in [2.24, 2.45) is 5.92 Å². The van der Waals surface area contributed by atoms with Gasteiger partial charge in [-0.1, -0.05) is 44.2 Å². The predicted octanol–water partition coefficient (Wildman–Crippen LogP) is 5.67. The number of amides is 2. The number of nitrogens with zero attached hydrogens (tertiary/aromatic N) is 1. The predicted molar refractivity (Wildman–Crippen MR) is 121 cm³/mol. The van der Waals surface area contributed by atoms with Gasteiger partial charge in [0, 0.05) is 0 Å². The van der Waals surface area contributed by atoms with Crippen molar-refractivity contribution in [1.29, 1.82) is 0 Å². The van der Waals surface area contributed by atoms with E-state index in [9.17, 15) is 9.59 Å². The van der Waals surface area contributed by atoms with Gasteiger partial charge < -0.3 is 9.47 Å². The monoisotopic (exact) mass is 425 g/mol. The molecule has 1 aliphatic heterocycles. The molecule has 1 fully saturated rings. The van der Waals surface area contributed by atoms with Crippen LogP contribution in [-0.2, 0) is 11.3 Å². The minimum Gasteiger partial charge on any atom is -0.490 e. The summed E-state index contributed by atoms with van der Waals surface area (Å²) in [5.74, 6) is 1.44.